The maximum Gasteiger partial charge on any atom is 0.341 e. The number of halogens is 2. The molecule has 0 amide bonds. The number of aromatic nitrogens is 1. The third-order valence-electron chi connectivity index (χ3n) is 4.62. The van der Waals surface area contributed by atoms with Crippen LogP contribution in [-0.2, 0) is 6.54 Å². The Bertz CT molecular complexity index is 889. The maximum atomic E-state index is 14.7. The van der Waals surface area contributed by atoms with Crippen molar-refractivity contribution in [3.63, 3.8) is 0 Å². The van der Waals surface area contributed by atoms with Crippen LogP contribution < -0.4 is 15.6 Å². The molecular weight excluding hydrogens is 361 g/mol. The summed E-state index contributed by atoms with van der Waals surface area (Å²) in [6.07, 6.45) is 1.33. The molecule has 0 spiro atoms. The Balaban J connectivity index is 0.00000243. The van der Waals surface area contributed by atoms with Gasteiger partial charge in [-0.1, -0.05) is 0 Å². The monoisotopic (exact) mass is 383 g/mol. The van der Waals surface area contributed by atoms with Gasteiger partial charge in [-0.15, -0.1) is 12.4 Å². The van der Waals surface area contributed by atoms with Crippen molar-refractivity contribution in [3.8, 4) is 0 Å². The van der Waals surface area contributed by atoms with E-state index in [1.807, 2.05) is 25.7 Å². The van der Waals surface area contributed by atoms with Gasteiger partial charge in [-0.2, -0.15) is 0 Å². The van der Waals surface area contributed by atoms with Crippen LogP contribution in [0.2, 0.25) is 0 Å². The largest absolute Gasteiger partial charge is 0.477 e. The maximum absolute atomic E-state index is 14.7. The van der Waals surface area contributed by atoms with Gasteiger partial charge in [-0.05, 0) is 32.9 Å². The molecule has 26 heavy (non-hydrogen) atoms. The minimum absolute atomic E-state index is 0. The standard InChI is InChI=1S/C18H22FN3O3.ClH/c1-4-21-9-13(18(24)25)17(23)12-5-14(19)16(6-15(12)21)22-7-10(2)20-11(3)8-22;/h5-6,9-11,20H,4,7-8H2,1-3H3,(H,24,25);1H. The van der Waals surface area contributed by atoms with Crippen LogP contribution in [0.25, 0.3) is 10.9 Å². The smallest absolute Gasteiger partial charge is 0.341 e. The highest BCUT2D eigenvalue weighted by atomic mass is 35.5. The number of carbonyl (C=O) groups is 1. The van der Waals surface area contributed by atoms with Gasteiger partial charge >= 0.3 is 5.97 Å². The first-order valence-electron chi connectivity index (χ1n) is 8.42. The third kappa shape index (κ3) is 3.54. The number of piperazine rings is 1. The summed E-state index contributed by atoms with van der Waals surface area (Å²) in [7, 11) is 0. The molecule has 1 aliphatic heterocycles. The number of carboxylic acids is 1. The number of benzene rings is 1. The summed E-state index contributed by atoms with van der Waals surface area (Å²) in [5, 5.41) is 12.7. The second-order valence-electron chi connectivity index (χ2n) is 6.66. The molecule has 1 aromatic carbocycles. The zero-order chi connectivity index (χ0) is 18.3. The fraction of sp³-hybridized carbons (Fsp3) is 0.444. The Morgan fingerprint density at radius 2 is 1.92 bits per heavy atom. The van der Waals surface area contributed by atoms with Crippen molar-refractivity contribution in [3.05, 3.63) is 39.9 Å². The molecule has 2 heterocycles. The predicted molar refractivity (Wildman–Crippen MR) is 102 cm³/mol. The van der Waals surface area contributed by atoms with Crippen LogP contribution in [-0.4, -0.2) is 40.8 Å². The number of aryl methyl sites for hydroxylation is 1. The first-order chi connectivity index (χ1) is 11.8. The number of hydrogen-bond acceptors (Lipinski definition) is 4. The topological polar surface area (TPSA) is 74.6 Å². The molecule has 2 unspecified atom stereocenters. The van der Waals surface area contributed by atoms with Crippen LogP contribution in [0.1, 0.15) is 31.1 Å². The van der Waals surface area contributed by atoms with Gasteiger partial charge in [0, 0.05) is 43.3 Å². The summed E-state index contributed by atoms with van der Waals surface area (Å²) in [5.41, 5.74) is -0.00396. The summed E-state index contributed by atoms with van der Waals surface area (Å²) < 4.78 is 16.4. The average Bonchev–Trinajstić information content (AvgIpc) is 2.54. The number of nitrogens with one attached hydrogen (secondary N) is 1. The Morgan fingerprint density at radius 3 is 2.46 bits per heavy atom. The molecular formula is C18H23ClFN3O3. The summed E-state index contributed by atoms with van der Waals surface area (Å²) in [6, 6.07) is 3.28. The molecule has 1 saturated heterocycles. The molecule has 6 nitrogen and oxygen atoms in total. The molecule has 0 radical (unpaired) electrons. The first kappa shape index (κ1) is 20.2. The molecule has 142 valence electrons. The van der Waals surface area contributed by atoms with Gasteiger partial charge in [0.15, 0.2) is 0 Å². The van der Waals surface area contributed by atoms with Crippen LogP contribution in [0.3, 0.4) is 0 Å². The highest BCUT2D eigenvalue weighted by molar-refractivity contribution is 5.93. The molecule has 0 saturated carbocycles. The minimum atomic E-state index is -1.30. The van der Waals surface area contributed by atoms with Crippen LogP contribution in [0, 0.1) is 5.82 Å². The number of fused-ring (bicyclic) bond motifs is 1. The molecule has 0 bridgehead atoms. The van der Waals surface area contributed by atoms with Crippen molar-refractivity contribution < 1.29 is 14.3 Å². The van der Waals surface area contributed by atoms with Crippen molar-refractivity contribution >= 4 is 35.0 Å². The Labute approximate surface area is 157 Å². The SMILES string of the molecule is CCn1cc(C(=O)O)c(=O)c2cc(F)c(N3CC(C)NC(C)C3)cc21.Cl. The van der Waals surface area contributed by atoms with Gasteiger partial charge < -0.3 is 19.9 Å². The molecule has 1 aliphatic rings. The van der Waals surface area contributed by atoms with E-state index in [2.05, 4.69) is 5.32 Å². The van der Waals surface area contributed by atoms with Gasteiger partial charge in [0.25, 0.3) is 0 Å². The van der Waals surface area contributed by atoms with Crippen molar-refractivity contribution in [1.82, 2.24) is 9.88 Å². The van der Waals surface area contributed by atoms with E-state index in [-0.39, 0.29) is 35.4 Å². The van der Waals surface area contributed by atoms with Crippen LogP contribution >= 0.6 is 12.4 Å². The highest BCUT2D eigenvalue weighted by Gasteiger charge is 2.24. The number of aromatic carboxylic acids is 1. The second-order valence-corrected chi connectivity index (χ2v) is 6.66. The number of pyridine rings is 1. The van der Waals surface area contributed by atoms with E-state index in [0.29, 0.717) is 30.8 Å². The molecule has 2 atom stereocenters. The van der Waals surface area contributed by atoms with Crippen molar-refractivity contribution in [2.24, 2.45) is 0 Å². The molecule has 2 N–H and O–H groups in total. The average molecular weight is 384 g/mol. The zero-order valence-corrected chi connectivity index (χ0v) is 15.8. The summed E-state index contributed by atoms with van der Waals surface area (Å²) in [4.78, 5) is 25.6. The van der Waals surface area contributed by atoms with Gasteiger partial charge in [-0.25, -0.2) is 9.18 Å². The van der Waals surface area contributed by atoms with Crippen molar-refractivity contribution in [2.45, 2.75) is 39.4 Å². The van der Waals surface area contributed by atoms with Crippen molar-refractivity contribution in [2.75, 3.05) is 18.0 Å². The quantitative estimate of drug-likeness (QED) is 0.851. The van der Waals surface area contributed by atoms with E-state index in [9.17, 15) is 19.1 Å². The Hall–Kier alpha value is -2.12. The third-order valence-corrected chi connectivity index (χ3v) is 4.62. The van der Waals surface area contributed by atoms with E-state index in [1.54, 1.807) is 10.6 Å². The highest BCUT2D eigenvalue weighted by Crippen LogP contribution is 2.27. The number of nitrogens with zero attached hydrogens (tertiary/aromatic N) is 2. The summed E-state index contributed by atoms with van der Waals surface area (Å²) in [5.74, 6) is -1.81. The van der Waals surface area contributed by atoms with Crippen LogP contribution in [0.5, 0.6) is 0 Å². The lowest BCUT2D eigenvalue weighted by atomic mass is 10.1. The van der Waals surface area contributed by atoms with E-state index in [0.717, 1.165) is 0 Å². The normalized spacial score (nSPS) is 20.1. The number of anilines is 1. The summed E-state index contributed by atoms with van der Waals surface area (Å²) >= 11 is 0. The van der Waals surface area contributed by atoms with Crippen LogP contribution in [0.4, 0.5) is 10.1 Å². The van der Waals surface area contributed by atoms with E-state index < -0.39 is 17.2 Å². The van der Waals surface area contributed by atoms with E-state index >= 15 is 0 Å². The van der Waals surface area contributed by atoms with Gasteiger partial charge in [-0.3, -0.25) is 4.79 Å². The molecule has 2 aromatic rings. The lowest BCUT2D eigenvalue weighted by Crippen LogP contribution is -2.54. The lowest BCUT2D eigenvalue weighted by molar-refractivity contribution is 0.0695. The van der Waals surface area contributed by atoms with Gasteiger partial charge in [0.1, 0.15) is 11.4 Å². The Morgan fingerprint density at radius 1 is 1.31 bits per heavy atom. The Kier molecular flexibility index (Phi) is 5.93. The van der Waals surface area contributed by atoms with Crippen LogP contribution in [0.15, 0.2) is 23.1 Å². The number of rotatable bonds is 3. The van der Waals surface area contributed by atoms with E-state index in [1.165, 1.54) is 12.3 Å². The molecule has 1 fully saturated rings. The molecule has 8 heteroatoms. The molecule has 3 rings (SSSR count). The fourth-order valence-corrected chi connectivity index (χ4v) is 3.58. The number of hydrogen-bond donors (Lipinski definition) is 2. The first-order valence-corrected chi connectivity index (χ1v) is 8.42. The zero-order valence-electron chi connectivity index (χ0n) is 15.0. The van der Waals surface area contributed by atoms with Gasteiger partial charge in [0.05, 0.1) is 11.2 Å². The summed E-state index contributed by atoms with van der Waals surface area (Å²) in [6.45, 7) is 7.75. The molecule has 1 aromatic heterocycles. The lowest BCUT2D eigenvalue weighted by Gasteiger charge is -2.38. The second kappa shape index (κ2) is 7.63. The predicted octanol–water partition coefficient (Wildman–Crippen LogP) is 2.47. The van der Waals surface area contributed by atoms with E-state index in [4.69, 9.17) is 0 Å². The fourth-order valence-electron chi connectivity index (χ4n) is 3.58. The number of carboxylic acid groups (broad SMARTS) is 1. The molecule has 0 aliphatic carbocycles. The minimum Gasteiger partial charge on any atom is -0.477 e. The van der Waals surface area contributed by atoms with Gasteiger partial charge in [0.2, 0.25) is 5.43 Å². The van der Waals surface area contributed by atoms with Crippen molar-refractivity contribution in [1.29, 1.82) is 0 Å².